The van der Waals surface area contributed by atoms with Crippen molar-refractivity contribution in [2.75, 3.05) is 18.0 Å². The lowest BCUT2D eigenvalue weighted by Crippen LogP contribution is -2.21. The molecule has 1 fully saturated rings. The zero-order chi connectivity index (χ0) is 15.3. The Kier molecular flexibility index (Phi) is 2.90. The Labute approximate surface area is 125 Å². The number of rotatable bonds is 1. The first kappa shape index (κ1) is 13.3. The lowest BCUT2D eigenvalue weighted by molar-refractivity contribution is 0.198. The minimum atomic E-state index is -0.543. The second-order valence-electron chi connectivity index (χ2n) is 5.62. The van der Waals surface area contributed by atoms with Crippen molar-refractivity contribution in [1.82, 2.24) is 0 Å². The van der Waals surface area contributed by atoms with E-state index < -0.39 is 5.82 Å². The molecule has 0 radical (unpaired) electrons. The van der Waals surface area contributed by atoms with Crippen LogP contribution in [0.2, 0.25) is 0 Å². The molecule has 0 bridgehead atoms. The van der Waals surface area contributed by atoms with Crippen LogP contribution in [0, 0.1) is 5.82 Å². The van der Waals surface area contributed by atoms with Crippen LogP contribution >= 0.6 is 0 Å². The van der Waals surface area contributed by atoms with E-state index in [2.05, 4.69) is 0 Å². The number of hydrogen-bond acceptors (Lipinski definition) is 4. The highest BCUT2D eigenvalue weighted by atomic mass is 19.1. The average Bonchev–Trinajstić information content (AvgIpc) is 2.95. The van der Waals surface area contributed by atoms with E-state index in [9.17, 15) is 14.3 Å². The molecule has 0 spiro atoms. The van der Waals surface area contributed by atoms with Gasteiger partial charge in [-0.1, -0.05) is 6.07 Å². The first-order chi connectivity index (χ1) is 10.6. The van der Waals surface area contributed by atoms with E-state index in [-0.39, 0.29) is 22.5 Å². The van der Waals surface area contributed by atoms with Gasteiger partial charge in [0.25, 0.3) is 0 Å². The third-order valence-corrected chi connectivity index (χ3v) is 4.16. The van der Waals surface area contributed by atoms with Crippen molar-refractivity contribution in [1.29, 1.82) is 0 Å². The third kappa shape index (κ3) is 1.97. The molecule has 0 unspecified atom stereocenters. The van der Waals surface area contributed by atoms with E-state index in [1.165, 1.54) is 12.1 Å². The zero-order valence-electron chi connectivity index (χ0n) is 11.8. The van der Waals surface area contributed by atoms with Gasteiger partial charge >= 0.3 is 0 Å². The zero-order valence-corrected chi connectivity index (χ0v) is 11.8. The van der Waals surface area contributed by atoms with Crippen LogP contribution in [0.4, 0.5) is 10.1 Å². The van der Waals surface area contributed by atoms with Gasteiger partial charge in [0.2, 0.25) is 5.43 Å². The predicted molar refractivity (Wildman–Crippen MR) is 82.8 cm³/mol. The predicted octanol–water partition coefficient (Wildman–Crippen LogP) is 2.66. The number of β-amino-alcohol motifs (C(OH)–C–C–N with tert-alkyl or cyclic N) is 1. The van der Waals surface area contributed by atoms with E-state index in [0.29, 0.717) is 23.9 Å². The van der Waals surface area contributed by atoms with Gasteiger partial charge in [0.15, 0.2) is 11.4 Å². The monoisotopic (exact) mass is 299 g/mol. The molecule has 112 valence electrons. The first-order valence-electron chi connectivity index (χ1n) is 7.21. The smallest absolute Gasteiger partial charge is 0.200 e. The Hall–Kier alpha value is -2.40. The first-order valence-corrected chi connectivity index (χ1v) is 7.21. The highest BCUT2D eigenvalue weighted by Gasteiger charge is 2.21. The number of nitrogens with zero attached hydrogens (tertiary/aromatic N) is 1. The summed E-state index contributed by atoms with van der Waals surface area (Å²) in [5.41, 5.74) is 0.978. The molecule has 1 saturated heterocycles. The van der Waals surface area contributed by atoms with Gasteiger partial charge in [-0.2, -0.15) is 0 Å². The molecule has 1 N–H and O–H groups in total. The van der Waals surface area contributed by atoms with Crippen LogP contribution in [0.3, 0.4) is 0 Å². The van der Waals surface area contributed by atoms with Gasteiger partial charge in [0.05, 0.1) is 16.9 Å². The third-order valence-electron chi connectivity index (χ3n) is 4.16. The summed E-state index contributed by atoms with van der Waals surface area (Å²) in [6, 6.07) is 9.61. The molecule has 1 atom stereocenters. The lowest BCUT2D eigenvalue weighted by Gasteiger charge is -2.17. The van der Waals surface area contributed by atoms with Crippen molar-refractivity contribution in [3.05, 3.63) is 52.4 Å². The molecule has 0 aliphatic carbocycles. The molecular formula is C17H14FNO3. The lowest BCUT2D eigenvalue weighted by atomic mass is 10.1. The molecule has 3 aromatic rings. The van der Waals surface area contributed by atoms with Crippen molar-refractivity contribution >= 4 is 27.6 Å². The Morgan fingerprint density at radius 1 is 1.23 bits per heavy atom. The summed E-state index contributed by atoms with van der Waals surface area (Å²) in [6.07, 6.45) is 0.380. The molecule has 4 rings (SSSR count). The summed E-state index contributed by atoms with van der Waals surface area (Å²) in [4.78, 5) is 14.5. The van der Waals surface area contributed by atoms with E-state index in [0.717, 1.165) is 12.2 Å². The minimum absolute atomic E-state index is 0.0152. The summed E-state index contributed by atoms with van der Waals surface area (Å²) in [6.45, 7) is 1.30. The number of para-hydroxylation sites is 1. The number of aliphatic hydroxyl groups excluding tert-OH is 1. The maximum atomic E-state index is 13.9. The largest absolute Gasteiger partial charge is 0.453 e. The van der Waals surface area contributed by atoms with Crippen molar-refractivity contribution in [2.24, 2.45) is 0 Å². The van der Waals surface area contributed by atoms with Crippen molar-refractivity contribution in [2.45, 2.75) is 12.5 Å². The Morgan fingerprint density at radius 2 is 2.09 bits per heavy atom. The second-order valence-corrected chi connectivity index (χ2v) is 5.62. The number of benzene rings is 2. The van der Waals surface area contributed by atoms with Crippen molar-refractivity contribution in [3.8, 4) is 0 Å². The van der Waals surface area contributed by atoms with Crippen LogP contribution in [0.15, 0.2) is 45.6 Å². The van der Waals surface area contributed by atoms with Gasteiger partial charge in [-0.05, 0) is 30.7 Å². The molecule has 1 aliphatic rings. The molecule has 22 heavy (non-hydrogen) atoms. The Morgan fingerprint density at radius 3 is 2.86 bits per heavy atom. The second kappa shape index (κ2) is 4.81. The van der Waals surface area contributed by atoms with Crippen LogP contribution in [0.5, 0.6) is 0 Å². The quantitative estimate of drug-likeness (QED) is 0.702. The van der Waals surface area contributed by atoms with Crippen LogP contribution in [-0.2, 0) is 0 Å². The topological polar surface area (TPSA) is 53.7 Å². The van der Waals surface area contributed by atoms with Crippen LogP contribution in [0.1, 0.15) is 6.42 Å². The maximum absolute atomic E-state index is 13.9. The van der Waals surface area contributed by atoms with Gasteiger partial charge in [-0.15, -0.1) is 0 Å². The maximum Gasteiger partial charge on any atom is 0.200 e. The highest BCUT2D eigenvalue weighted by Crippen LogP contribution is 2.27. The normalized spacial score (nSPS) is 18.5. The van der Waals surface area contributed by atoms with Gasteiger partial charge < -0.3 is 14.4 Å². The summed E-state index contributed by atoms with van der Waals surface area (Å²) in [5.74, 6) is -0.543. The van der Waals surface area contributed by atoms with Crippen LogP contribution < -0.4 is 10.3 Å². The molecule has 5 heteroatoms. The van der Waals surface area contributed by atoms with E-state index >= 15 is 0 Å². The molecular weight excluding hydrogens is 285 g/mol. The Bertz CT molecular complexity index is 934. The standard InChI is InChI=1S/C17H14FNO3/c18-14-3-1-2-13-16(21)12-5-4-10(8-15(12)22-17(13)14)19-7-6-11(20)9-19/h1-5,8,11,20H,6-7,9H2/t11-/m1/s1. The molecule has 0 amide bonds. The highest BCUT2D eigenvalue weighted by molar-refractivity contribution is 5.91. The number of anilines is 1. The number of halogens is 1. The molecule has 2 aromatic carbocycles. The summed E-state index contributed by atoms with van der Waals surface area (Å²) >= 11 is 0. The van der Waals surface area contributed by atoms with Gasteiger partial charge in [-0.3, -0.25) is 4.79 Å². The number of hydrogen-bond donors (Lipinski definition) is 1. The SMILES string of the molecule is O=c1c2ccc(N3CC[C@@H](O)C3)cc2oc2c(F)cccc12. The Balaban J connectivity index is 1.94. The van der Waals surface area contributed by atoms with E-state index in [4.69, 9.17) is 4.42 Å². The fraction of sp³-hybridized carbons (Fsp3) is 0.235. The fourth-order valence-corrected chi connectivity index (χ4v) is 3.00. The van der Waals surface area contributed by atoms with Crippen molar-refractivity contribution < 1.29 is 13.9 Å². The molecule has 0 saturated carbocycles. The fourth-order valence-electron chi connectivity index (χ4n) is 3.00. The van der Waals surface area contributed by atoms with E-state index in [1.54, 1.807) is 18.2 Å². The molecule has 1 aliphatic heterocycles. The molecule has 1 aromatic heterocycles. The number of fused-ring (bicyclic) bond motifs is 2. The van der Waals surface area contributed by atoms with Gasteiger partial charge in [0.1, 0.15) is 5.58 Å². The summed E-state index contributed by atoms with van der Waals surface area (Å²) < 4.78 is 19.5. The average molecular weight is 299 g/mol. The molecule has 2 heterocycles. The molecule has 4 nitrogen and oxygen atoms in total. The van der Waals surface area contributed by atoms with Crippen molar-refractivity contribution in [3.63, 3.8) is 0 Å². The van der Waals surface area contributed by atoms with E-state index in [1.807, 2.05) is 11.0 Å². The summed E-state index contributed by atoms with van der Waals surface area (Å²) in [7, 11) is 0. The summed E-state index contributed by atoms with van der Waals surface area (Å²) in [5, 5.41) is 10.3. The number of aliphatic hydroxyl groups is 1. The van der Waals surface area contributed by atoms with Gasteiger partial charge in [-0.25, -0.2) is 4.39 Å². The van der Waals surface area contributed by atoms with Gasteiger partial charge in [0, 0.05) is 24.8 Å². The van der Waals surface area contributed by atoms with Crippen LogP contribution in [0.25, 0.3) is 21.9 Å². The minimum Gasteiger partial charge on any atom is -0.453 e. The van der Waals surface area contributed by atoms with Crippen LogP contribution in [-0.4, -0.2) is 24.3 Å².